The van der Waals surface area contributed by atoms with E-state index in [4.69, 9.17) is 0 Å². The zero-order valence-corrected chi connectivity index (χ0v) is 20.7. The number of phenols is 1. The van der Waals surface area contributed by atoms with Crippen LogP contribution in [-0.2, 0) is 18.3 Å². The van der Waals surface area contributed by atoms with E-state index in [0.717, 1.165) is 16.8 Å². The van der Waals surface area contributed by atoms with Crippen LogP contribution in [0.4, 0.5) is 0 Å². The van der Waals surface area contributed by atoms with Gasteiger partial charge in [0.25, 0.3) is 11.8 Å². The van der Waals surface area contributed by atoms with Crippen molar-refractivity contribution < 1.29 is 19.5 Å². The van der Waals surface area contributed by atoms with Gasteiger partial charge in [-0.1, -0.05) is 18.2 Å². The van der Waals surface area contributed by atoms with E-state index in [0.29, 0.717) is 55.6 Å². The molecule has 188 valence electrons. The number of nitrogens with one attached hydrogen (secondary N) is 2. The van der Waals surface area contributed by atoms with Gasteiger partial charge >= 0.3 is 0 Å². The molecule has 2 heterocycles. The maximum atomic E-state index is 13.2. The number of rotatable bonds is 1. The SMILES string of the molecule is Cc1c(C(=O)N2CCCCNC(=O)c3cccc(c3)-c3cc(ccc3O)CCNC(=O)C2)ccn1C. The second kappa shape index (κ2) is 11.1. The molecular formula is C28H32N4O4. The lowest BCUT2D eigenvalue weighted by molar-refractivity contribution is -0.121. The Morgan fingerprint density at radius 1 is 0.972 bits per heavy atom. The van der Waals surface area contributed by atoms with Crippen molar-refractivity contribution in [3.8, 4) is 16.9 Å². The van der Waals surface area contributed by atoms with E-state index in [9.17, 15) is 19.5 Å². The van der Waals surface area contributed by atoms with Gasteiger partial charge < -0.3 is 25.2 Å². The van der Waals surface area contributed by atoms with Crippen molar-refractivity contribution >= 4 is 17.7 Å². The number of carbonyl (C=O) groups excluding carboxylic acids is 3. The van der Waals surface area contributed by atoms with Crippen LogP contribution in [0.2, 0.25) is 0 Å². The van der Waals surface area contributed by atoms with E-state index in [2.05, 4.69) is 10.6 Å². The Morgan fingerprint density at radius 3 is 2.56 bits per heavy atom. The van der Waals surface area contributed by atoms with Crippen LogP contribution < -0.4 is 10.6 Å². The lowest BCUT2D eigenvalue weighted by atomic mass is 9.98. The molecule has 2 aromatic carbocycles. The van der Waals surface area contributed by atoms with E-state index in [1.165, 1.54) is 0 Å². The Bertz CT molecular complexity index is 1280. The summed E-state index contributed by atoms with van der Waals surface area (Å²) in [6.45, 7) is 3.10. The van der Waals surface area contributed by atoms with Crippen LogP contribution in [0.25, 0.3) is 11.1 Å². The Morgan fingerprint density at radius 2 is 1.78 bits per heavy atom. The van der Waals surface area contributed by atoms with Crippen LogP contribution in [0.15, 0.2) is 54.7 Å². The molecule has 0 radical (unpaired) electrons. The molecule has 0 unspecified atom stereocenters. The highest BCUT2D eigenvalue weighted by atomic mass is 16.3. The number of amides is 3. The predicted octanol–water partition coefficient (Wildman–Crippen LogP) is 3.03. The molecule has 4 bridgehead atoms. The Labute approximate surface area is 210 Å². The van der Waals surface area contributed by atoms with Crippen molar-refractivity contribution in [1.82, 2.24) is 20.1 Å². The number of hydrogen-bond acceptors (Lipinski definition) is 4. The van der Waals surface area contributed by atoms with Crippen LogP contribution in [0.5, 0.6) is 5.75 Å². The number of aromatic hydroxyl groups is 1. The van der Waals surface area contributed by atoms with Crippen molar-refractivity contribution in [2.75, 3.05) is 26.2 Å². The molecule has 1 aromatic heterocycles. The first kappa shape index (κ1) is 25.0. The zero-order valence-electron chi connectivity index (χ0n) is 20.7. The molecule has 3 N–H and O–H groups in total. The second-order valence-electron chi connectivity index (χ2n) is 9.15. The molecule has 3 aromatic rings. The van der Waals surface area contributed by atoms with Gasteiger partial charge in [-0.3, -0.25) is 14.4 Å². The van der Waals surface area contributed by atoms with Crippen LogP contribution in [0.1, 0.15) is 44.8 Å². The van der Waals surface area contributed by atoms with E-state index in [1.54, 1.807) is 35.2 Å². The van der Waals surface area contributed by atoms with Gasteiger partial charge in [-0.25, -0.2) is 0 Å². The molecule has 0 saturated heterocycles. The van der Waals surface area contributed by atoms with Crippen molar-refractivity contribution in [2.24, 2.45) is 7.05 Å². The van der Waals surface area contributed by atoms with E-state index < -0.39 is 0 Å². The number of nitrogens with zero attached hydrogens (tertiary/aromatic N) is 2. The molecule has 4 rings (SSSR count). The minimum atomic E-state index is -0.224. The van der Waals surface area contributed by atoms with Gasteiger partial charge in [0.2, 0.25) is 5.91 Å². The quantitative estimate of drug-likeness (QED) is 0.490. The van der Waals surface area contributed by atoms with E-state index in [-0.39, 0.29) is 30.0 Å². The Balaban J connectivity index is 1.56. The summed E-state index contributed by atoms with van der Waals surface area (Å²) < 4.78 is 1.88. The van der Waals surface area contributed by atoms with Crippen molar-refractivity contribution in [2.45, 2.75) is 26.2 Å². The van der Waals surface area contributed by atoms with Crippen molar-refractivity contribution in [3.63, 3.8) is 0 Å². The van der Waals surface area contributed by atoms with Crippen LogP contribution in [0, 0.1) is 6.92 Å². The highest BCUT2D eigenvalue weighted by Gasteiger charge is 2.21. The minimum Gasteiger partial charge on any atom is -0.507 e. The molecule has 1 aliphatic heterocycles. The Kier molecular flexibility index (Phi) is 7.73. The fraction of sp³-hybridized carbons (Fsp3) is 0.321. The highest BCUT2D eigenvalue weighted by Crippen LogP contribution is 2.30. The molecular weight excluding hydrogens is 456 g/mol. The molecule has 8 nitrogen and oxygen atoms in total. The molecule has 0 atom stereocenters. The van der Waals surface area contributed by atoms with Gasteiger partial charge in [-0.05, 0) is 67.6 Å². The predicted molar refractivity (Wildman–Crippen MR) is 138 cm³/mol. The summed E-state index contributed by atoms with van der Waals surface area (Å²) in [6, 6.07) is 14.2. The van der Waals surface area contributed by atoms with Crippen LogP contribution >= 0.6 is 0 Å². The molecule has 36 heavy (non-hydrogen) atoms. The van der Waals surface area contributed by atoms with Crippen molar-refractivity contribution in [1.29, 1.82) is 0 Å². The Hall–Kier alpha value is -4.07. The van der Waals surface area contributed by atoms with Gasteiger partial charge in [0.15, 0.2) is 0 Å². The number of phenolic OH excluding ortho intramolecular Hbond substituents is 1. The fourth-order valence-corrected chi connectivity index (χ4v) is 4.36. The third kappa shape index (κ3) is 5.76. The fourth-order valence-electron chi connectivity index (χ4n) is 4.36. The van der Waals surface area contributed by atoms with Crippen LogP contribution in [0.3, 0.4) is 0 Å². The van der Waals surface area contributed by atoms with E-state index in [1.807, 2.05) is 42.9 Å². The number of aryl methyl sites for hydroxylation is 1. The van der Waals surface area contributed by atoms with E-state index >= 15 is 0 Å². The first-order chi connectivity index (χ1) is 17.3. The molecule has 0 saturated carbocycles. The molecule has 1 aliphatic rings. The van der Waals surface area contributed by atoms with Gasteiger partial charge in [-0.15, -0.1) is 0 Å². The lowest BCUT2D eigenvalue weighted by Gasteiger charge is -2.22. The number of benzene rings is 2. The average molecular weight is 489 g/mol. The van der Waals surface area contributed by atoms with Crippen molar-refractivity contribution in [3.05, 3.63) is 77.1 Å². The number of aromatic nitrogens is 1. The van der Waals surface area contributed by atoms with Gasteiger partial charge in [-0.2, -0.15) is 0 Å². The summed E-state index contributed by atoms with van der Waals surface area (Å²) in [7, 11) is 1.88. The smallest absolute Gasteiger partial charge is 0.256 e. The summed E-state index contributed by atoms with van der Waals surface area (Å²) >= 11 is 0. The minimum absolute atomic E-state index is 0.0368. The topological polar surface area (TPSA) is 104 Å². The summed E-state index contributed by atoms with van der Waals surface area (Å²) in [6.07, 6.45) is 3.70. The molecule has 0 spiro atoms. The van der Waals surface area contributed by atoms with Gasteiger partial charge in [0.1, 0.15) is 5.75 Å². The zero-order chi connectivity index (χ0) is 25.7. The molecule has 0 fully saturated rings. The number of fused-ring (bicyclic) bond motifs is 5. The summed E-state index contributed by atoms with van der Waals surface area (Å²) in [5, 5.41) is 16.3. The monoisotopic (exact) mass is 488 g/mol. The second-order valence-corrected chi connectivity index (χ2v) is 9.15. The maximum absolute atomic E-state index is 13.2. The largest absolute Gasteiger partial charge is 0.507 e. The number of carbonyl (C=O) groups is 3. The summed E-state index contributed by atoms with van der Waals surface area (Å²) in [5.74, 6) is -0.472. The normalized spacial score (nSPS) is 15.4. The average Bonchev–Trinajstić information content (AvgIpc) is 3.21. The first-order valence-electron chi connectivity index (χ1n) is 12.2. The first-order valence-corrected chi connectivity index (χ1v) is 12.2. The molecule has 3 amide bonds. The molecule has 8 heteroatoms. The standard InChI is InChI=1S/C28H32N4O4/c1-19-23(11-15-31(19)2)28(36)32-14-4-3-12-30-27(35)22-7-5-6-21(17-22)24-16-20(8-9-25(24)33)10-13-29-26(34)18-32/h5-9,11,15-17,33H,3-4,10,12-14,18H2,1-2H3,(H,29,34)(H,30,35). The third-order valence-electron chi connectivity index (χ3n) is 6.61. The summed E-state index contributed by atoms with van der Waals surface area (Å²) in [5.41, 5.74) is 4.26. The van der Waals surface area contributed by atoms with Gasteiger partial charge in [0, 0.05) is 49.7 Å². The molecule has 0 aliphatic carbocycles. The number of hydrogen-bond donors (Lipinski definition) is 3. The highest BCUT2D eigenvalue weighted by molar-refractivity contribution is 5.97. The lowest BCUT2D eigenvalue weighted by Crippen LogP contribution is -2.42. The van der Waals surface area contributed by atoms with Crippen LogP contribution in [-0.4, -0.2) is 58.5 Å². The third-order valence-corrected chi connectivity index (χ3v) is 6.61. The maximum Gasteiger partial charge on any atom is 0.256 e. The summed E-state index contributed by atoms with van der Waals surface area (Å²) in [4.78, 5) is 40.3. The van der Waals surface area contributed by atoms with Gasteiger partial charge in [0.05, 0.1) is 12.1 Å².